The average molecular weight is 288 g/mol. The normalized spacial score (nSPS) is 11.4. The molecule has 0 spiro atoms. The Labute approximate surface area is 119 Å². The molecule has 1 aromatic carbocycles. The van der Waals surface area contributed by atoms with Gasteiger partial charge >= 0.3 is 0 Å². The molecule has 0 aliphatic carbocycles. The first-order valence-electron chi connectivity index (χ1n) is 5.99. The zero-order chi connectivity index (χ0) is 13.8. The second kappa shape index (κ2) is 6.44. The van der Waals surface area contributed by atoms with Crippen LogP contribution < -0.4 is 5.32 Å². The number of amides is 1. The van der Waals surface area contributed by atoms with Crippen molar-refractivity contribution >= 4 is 29.1 Å². The first-order chi connectivity index (χ1) is 8.48. The fourth-order valence-corrected chi connectivity index (χ4v) is 2.37. The Morgan fingerprint density at radius 3 is 2.28 bits per heavy atom. The predicted molar refractivity (Wildman–Crippen MR) is 77.8 cm³/mol. The summed E-state index contributed by atoms with van der Waals surface area (Å²) in [5, 5.41) is 2.94. The van der Waals surface area contributed by atoms with Crippen molar-refractivity contribution in [1.29, 1.82) is 0 Å². The molecule has 0 aliphatic heterocycles. The van der Waals surface area contributed by atoms with Crippen LogP contribution in [0.25, 0.3) is 0 Å². The molecule has 4 heteroatoms. The Kier molecular flexibility index (Phi) is 5.48. The maximum Gasteiger partial charge on any atom is 0.251 e. The largest absolute Gasteiger partial charge is 0.344 e. The molecule has 0 radical (unpaired) electrons. The van der Waals surface area contributed by atoms with Gasteiger partial charge in [0.2, 0.25) is 0 Å². The van der Waals surface area contributed by atoms with Crippen molar-refractivity contribution in [1.82, 2.24) is 5.32 Å². The van der Waals surface area contributed by atoms with Gasteiger partial charge in [-0.05, 0) is 43.5 Å². The molecule has 2 nitrogen and oxygen atoms in total. The summed E-state index contributed by atoms with van der Waals surface area (Å²) in [5.41, 5.74) is 2.38. The standard InChI is InChI=1S/C14H19Cl2NO/c1-4-14(8-15,9-16)17-13(18)12-6-5-10(2)11(3)7-12/h5-7H,4,8-9H2,1-3H3,(H,17,18). The summed E-state index contributed by atoms with van der Waals surface area (Å²) in [6, 6.07) is 5.65. The van der Waals surface area contributed by atoms with Crippen molar-refractivity contribution in [2.75, 3.05) is 11.8 Å². The van der Waals surface area contributed by atoms with E-state index in [2.05, 4.69) is 5.32 Å². The van der Waals surface area contributed by atoms with Crippen LogP contribution in [0.2, 0.25) is 0 Å². The number of carbonyl (C=O) groups excluding carboxylic acids is 1. The Morgan fingerprint density at radius 2 is 1.83 bits per heavy atom. The van der Waals surface area contributed by atoms with Gasteiger partial charge in [0, 0.05) is 17.3 Å². The van der Waals surface area contributed by atoms with E-state index >= 15 is 0 Å². The van der Waals surface area contributed by atoms with Gasteiger partial charge < -0.3 is 5.32 Å². The number of halogens is 2. The van der Waals surface area contributed by atoms with Gasteiger partial charge in [-0.1, -0.05) is 13.0 Å². The van der Waals surface area contributed by atoms with Gasteiger partial charge in [0.05, 0.1) is 5.54 Å². The molecular weight excluding hydrogens is 269 g/mol. The van der Waals surface area contributed by atoms with E-state index in [0.29, 0.717) is 23.7 Å². The topological polar surface area (TPSA) is 29.1 Å². The van der Waals surface area contributed by atoms with Crippen LogP contribution in [-0.4, -0.2) is 23.2 Å². The molecule has 0 aromatic heterocycles. The summed E-state index contributed by atoms with van der Waals surface area (Å²) in [4.78, 5) is 12.2. The molecule has 0 fully saturated rings. The maximum atomic E-state index is 12.2. The maximum absolute atomic E-state index is 12.2. The van der Waals surface area contributed by atoms with E-state index in [1.165, 1.54) is 5.56 Å². The highest BCUT2D eigenvalue weighted by Crippen LogP contribution is 2.17. The van der Waals surface area contributed by atoms with Crippen LogP contribution in [0.5, 0.6) is 0 Å². The Balaban J connectivity index is 2.90. The lowest BCUT2D eigenvalue weighted by Gasteiger charge is -2.29. The van der Waals surface area contributed by atoms with Crippen molar-refractivity contribution in [3.63, 3.8) is 0 Å². The first-order valence-corrected chi connectivity index (χ1v) is 7.06. The van der Waals surface area contributed by atoms with Crippen LogP contribution >= 0.6 is 23.2 Å². The van der Waals surface area contributed by atoms with E-state index in [1.54, 1.807) is 0 Å². The molecule has 0 bridgehead atoms. The Hall–Kier alpha value is -0.730. The third-order valence-electron chi connectivity index (χ3n) is 3.34. The second-order valence-corrected chi connectivity index (χ2v) is 5.19. The summed E-state index contributed by atoms with van der Waals surface area (Å²) in [6.45, 7) is 5.97. The van der Waals surface area contributed by atoms with Gasteiger partial charge in [-0.2, -0.15) is 0 Å². The quantitative estimate of drug-likeness (QED) is 0.823. The molecule has 1 amide bonds. The van der Waals surface area contributed by atoms with E-state index in [0.717, 1.165) is 5.56 Å². The number of aryl methyl sites for hydroxylation is 2. The Morgan fingerprint density at radius 1 is 1.22 bits per heavy atom. The monoisotopic (exact) mass is 287 g/mol. The fraction of sp³-hybridized carbons (Fsp3) is 0.500. The fourth-order valence-electron chi connectivity index (χ4n) is 1.58. The number of carbonyl (C=O) groups is 1. The smallest absolute Gasteiger partial charge is 0.251 e. The van der Waals surface area contributed by atoms with E-state index in [1.807, 2.05) is 39.0 Å². The lowest BCUT2D eigenvalue weighted by molar-refractivity contribution is 0.0913. The van der Waals surface area contributed by atoms with Gasteiger partial charge in [0.1, 0.15) is 0 Å². The average Bonchev–Trinajstić information content (AvgIpc) is 2.39. The number of nitrogens with one attached hydrogen (secondary N) is 1. The highest BCUT2D eigenvalue weighted by Gasteiger charge is 2.28. The van der Waals surface area contributed by atoms with Crippen LogP contribution in [0.1, 0.15) is 34.8 Å². The van der Waals surface area contributed by atoms with Crippen molar-refractivity contribution in [3.8, 4) is 0 Å². The van der Waals surface area contributed by atoms with Crippen LogP contribution in [0.3, 0.4) is 0 Å². The highest BCUT2D eigenvalue weighted by atomic mass is 35.5. The van der Waals surface area contributed by atoms with Crippen molar-refractivity contribution in [3.05, 3.63) is 34.9 Å². The minimum absolute atomic E-state index is 0.124. The number of rotatable bonds is 5. The number of alkyl halides is 2. The van der Waals surface area contributed by atoms with E-state index in [-0.39, 0.29) is 5.91 Å². The zero-order valence-corrected chi connectivity index (χ0v) is 12.5. The number of benzene rings is 1. The zero-order valence-electron chi connectivity index (χ0n) is 11.0. The second-order valence-electron chi connectivity index (χ2n) is 4.65. The number of hydrogen-bond acceptors (Lipinski definition) is 1. The highest BCUT2D eigenvalue weighted by molar-refractivity contribution is 6.22. The van der Waals surface area contributed by atoms with Gasteiger partial charge in [0.25, 0.3) is 5.91 Å². The minimum atomic E-state index is -0.529. The molecule has 0 saturated carbocycles. The minimum Gasteiger partial charge on any atom is -0.344 e. The van der Waals surface area contributed by atoms with Gasteiger partial charge in [-0.25, -0.2) is 0 Å². The van der Waals surface area contributed by atoms with Gasteiger partial charge in [0.15, 0.2) is 0 Å². The third kappa shape index (κ3) is 3.39. The van der Waals surface area contributed by atoms with Crippen molar-refractivity contribution in [2.45, 2.75) is 32.7 Å². The van der Waals surface area contributed by atoms with E-state index < -0.39 is 5.54 Å². The summed E-state index contributed by atoms with van der Waals surface area (Å²) in [7, 11) is 0. The summed E-state index contributed by atoms with van der Waals surface area (Å²) in [5.74, 6) is 0.494. The third-order valence-corrected chi connectivity index (χ3v) is 4.36. The molecule has 0 atom stereocenters. The molecule has 100 valence electrons. The summed E-state index contributed by atoms with van der Waals surface area (Å²) < 4.78 is 0. The van der Waals surface area contributed by atoms with E-state index in [4.69, 9.17) is 23.2 Å². The predicted octanol–water partition coefficient (Wildman–Crippen LogP) is 3.66. The SMILES string of the molecule is CCC(CCl)(CCl)NC(=O)c1ccc(C)c(C)c1. The first kappa shape index (κ1) is 15.3. The van der Waals surface area contributed by atoms with Crippen LogP contribution in [0, 0.1) is 13.8 Å². The van der Waals surface area contributed by atoms with Crippen LogP contribution in [-0.2, 0) is 0 Å². The molecule has 0 heterocycles. The molecule has 0 aliphatic rings. The van der Waals surface area contributed by atoms with Crippen molar-refractivity contribution in [2.24, 2.45) is 0 Å². The van der Waals surface area contributed by atoms with Crippen molar-refractivity contribution < 1.29 is 4.79 Å². The lowest BCUT2D eigenvalue weighted by atomic mass is 9.99. The van der Waals surface area contributed by atoms with Gasteiger partial charge in [-0.15, -0.1) is 23.2 Å². The Bertz CT molecular complexity index is 420. The van der Waals surface area contributed by atoms with Crippen LogP contribution in [0.15, 0.2) is 18.2 Å². The molecule has 0 unspecified atom stereocenters. The molecular formula is C14H19Cl2NO. The van der Waals surface area contributed by atoms with Crippen LogP contribution in [0.4, 0.5) is 0 Å². The summed E-state index contributed by atoms with van der Waals surface area (Å²) >= 11 is 11.8. The number of hydrogen-bond donors (Lipinski definition) is 1. The molecule has 18 heavy (non-hydrogen) atoms. The molecule has 1 aromatic rings. The lowest BCUT2D eigenvalue weighted by Crippen LogP contribution is -2.51. The van der Waals surface area contributed by atoms with E-state index in [9.17, 15) is 4.79 Å². The summed E-state index contributed by atoms with van der Waals surface area (Å²) in [6.07, 6.45) is 0.705. The van der Waals surface area contributed by atoms with Gasteiger partial charge in [-0.3, -0.25) is 4.79 Å². The molecule has 0 saturated heterocycles. The molecule has 1 N–H and O–H groups in total. The molecule has 1 rings (SSSR count).